The Balaban J connectivity index is 2.21. The van der Waals surface area contributed by atoms with E-state index < -0.39 is 11.2 Å². The van der Waals surface area contributed by atoms with Crippen molar-refractivity contribution in [2.75, 3.05) is 11.4 Å². The quantitative estimate of drug-likeness (QED) is 0.863. The van der Waals surface area contributed by atoms with Crippen LogP contribution in [0.5, 0.6) is 0 Å². The van der Waals surface area contributed by atoms with Crippen LogP contribution in [0.15, 0.2) is 24.3 Å². The standard InChI is InChI=1S/C19H20FN3O/c1-5-8-23-17-14(19(2,3)18(23)24)9-12(10-15(17)20)16-7-6-13(11-21)22(16)4/h6-7,9-10H,5,8H2,1-4H3. The van der Waals surface area contributed by atoms with E-state index in [-0.39, 0.29) is 5.91 Å². The summed E-state index contributed by atoms with van der Waals surface area (Å²) in [6, 6.07) is 8.94. The molecule has 1 aromatic heterocycles. The minimum absolute atomic E-state index is 0.0694. The summed E-state index contributed by atoms with van der Waals surface area (Å²) in [5, 5.41) is 9.10. The van der Waals surface area contributed by atoms with E-state index in [9.17, 15) is 9.18 Å². The lowest BCUT2D eigenvalue weighted by molar-refractivity contribution is -0.122. The molecule has 0 aliphatic carbocycles. The molecule has 0 saturated heterocycles. The van der Waals surface area contributed by atoms with Crippen LogP contribution in [0.2, 0.25) is 0 Å². The van der Waals surface area contributed by atoms with Gasteiger partial charge in [0, 0.05) is 24.8 Å². The van der Waals surface area contributed by atoms with E-state index in [0.717, 1.165) is 12.1 Å². The third-order valence-corrected chi connectivity index (χ3v) is 4.77. The lowest BCUT2D eigenvalue weighted by Crippen LogP contribution is -2.36. The van der Waals surface area contributed by atoms with Crippen LogP contribution >= 0.6 is 0 Å². The Bertz CT molecular complexity index is 873. The summed E-state index contributed by atoms with van der Waals surface area (Å²) in [7, 11) is 1.78. The van der Waals surface area contributed by atoms with E-state index in [1.54, 1.807) is 28.6 Å². The Hall–Kier alpha value is -2.61. The van der Waals surface area contributed by atoms with Crippen LogP contribution in [0.3, 0.4) is 0 Å². The summed E-state index contributed by atoms with van der Waals surface area (Å²) in [6.07, 6.45) is 0.770. The minimum Gasteiger partial charge on any atom is -0.335 e. The molecule has 1 aliphatic heterocycles. The molecule has 1 aliphatic rings. The molecule has 0 spiro atoms. The molecule has 0 atom stereocenters. The fraction of sp³-hybridized carbons (Fsp3) is 0.368. The van der Waals surface area contributed by atoms with Crippen molar-refractivity contribution in [3.05, 3.63) is 41.3 Å². The smallest absolute Gasteiger partial charge is 0.237 e. The first-order valence-electron chi connectivity index (χ1n) is 8.05. The molecule has 2 aromatic rings. The fourth-order valence-corrected chi connectivity index (χ4v) is 3.40. The normalized spacial score (nSPS) is 15.5. The van der Waals surface area contributed by atoms with Gasteiger partial charge in [-0.25, -0.2) is 4.39 Å². The number of amides is 1. The number of carbonyl (C=O) groups excluding carboxylic acids is 1. The fourth-order valence-electron chi connectivity index (χ4n) is 3.40. The summed E-state index contributed by atoms with van der Waals surface area (Å²) in [5.74, 6) is -0.463. The molecular weight excluding hydrogens is 305 g/mol. The number of fused-ring (bicyclic) bond motifs is 1. The SMILES string of the molecule is CCCN1C(=O)C(C)(C)c2cc(-c3ccc(C#N)n3C)cc(F)c21. The molecule has 5 heteroatoms. The van der Waals surface area contributed by atoms with Crippen molar-refractivity contribution in [2.24, 2.45) is 7.05 Å². The van der Waals surface area contributed by atoms with Crippen molar-refractivity contribution in [3.63, 3.8) is 0 Å². The molecule has 124 valence electrons. The van der Waals surface area contributed by atoms with Gasteiger partial charge < -0.3 is 9.47 Å². The highest BCUT2D eigenvalue weighted by molar-refractivity contribution is 6.08. The first kappa shape index (κ1) is 16.3. The Morgan fingerprint density at radius 3 is 2.58 bits per heavy atom. The van der Waals surface area contributed by atoms with E-state index >= 15 is 0 Å². The van der Waals surface area contributed by atoms with Gasteiger partial charge in [0.1, 0.15) is 17.6 Å². The number of nitrogens with zero attached hydrogens (tertiary/aromatic N) is 3. The predicted molar refractivity (Wildman–Crippen MR) is 91.2 cm³/mol. The number of carbonyl (C=O) groups is 1. The zero-order valence-electron chi connectivity index (χ0n) is 14.4. The molecule has 1 amide bonds. The average molecular weight is 325 g/mol. The molecule has 2 heterocycles. The van der Waals surface area contributed by atoms with Crippen molar-refractivity contribution >= 4 is 11.6 Å². The Kier molecular flexibility index (Phi) is 3.71. The highest BCUT2D eigenvalue weighted by atomic mass is 19.1. The van der Waals surface area contributed by atoms with E-state index in [4.69, 9.17) is 5.26 Å². The predicted octanol–water partition coefficient (Wildman–Crippen LogP) is 3.74. The number of rotatable bonds is 3. The number of benzene rings is 1. The molecule has 0 fully saturated rings. The van der Waals surface area contributed by atoms with E-state index in [1.165, 1.54) is 6.07 Å². The number of nitriles is 1. The number of hydrogen-bond acceptors (Lipinski definition) is 2. The maximum absolute atomic E-state index is 14.9. The Morgan fingerprint density at radius 2 is 2.00 bits per heavy atom. The van der Waals surface area contributed by atoms with E-state index in [0.29, 0.717) is 29.1 Å². The Labute approximate surface area is 141 Å². The van der Waals surface area contributed by atoms with E-state index in [2.05, 4.69) is 6.07 Å². The van der Waals surface area contributed by atoms with Gasteiger partial charge >= 0.3 is 0 Å². The van der Waals surface area contributed by atoms with Crippen LogP contribution in [-0.4, -0.2) is 17.0 Å². The molecule has 24 heavy (non-hydrogen) atoms. The lowest BCUT2D eigenvalue weighted by atomic mass is 9.85. The number of hydrogen-bond donors (Lipinski definition) is 0. The van der Waals surface area contributed by atoms with Gasteiger partial charge in [0.15, 0.2) is 0 Å². The summed E-state index contributed by atoms with van der Waals surface area (Å²) in [5.41, 5.74) is 2.28. The van der Waals surface area contributed by atoms with Crippen molar-refractivity contribution < 1.29 is 9.18 Å². The maximum Gasteiger partial charge on any atom is 0.237 e. The van der Waals surface area contributed by atoms with Crippen LogP contribution < -0.4 is 4.90 Å². The summed E-state index contributed by atoms with van der Waals surface area (Å²) < 4.78 is 16.6. The second-order valence-corrected chi connectivity index (χ2v) is 6.71. The molecule has 4 nitrogen and oxygen atoms in total. The van der Waals surface area contributed by atoms with Gasteiger partial charge in [-0.2, -0.15) is 5.26 Å². The molecule has 1 aromatic carbocycles. The first-order valence-corrected chi connectivity index (χ1v) is 8.05. The van der Waals surface area contributed by atoms with Crippen molar-refractivity contribution in [1.82, 2.24) is 4.57 Å². The summed E-state index contributed by atoms with van der Waals surface area (Å²) in [4.78, 5) is 14.3. The number of aromatic nitrogens is 1. The summed E-state index contributed by atoms with van der Waals surface area (Å²) in [6.45, 7) is 6.14. The molecule has 0 bridgehead atoms. The lowest BCUT2D eigenvalue weighted by Gasteiger charge is -2.19. The van der Waals surface area contributed by atoms with Crippen molar-refractivity contribution in [3.8, 4) is 17.3 Å². The van der Waals surface area contributed by atoms with Crippen molar-refractivity contribution in [1.29, 1.82) is 5.26 Å². The van der Waals surface area contributed by atoms with Crippen LogP contribution in [0.4, 0.5) is 10.1 Å². The Morgan fingerprint density at radius 1 is 1.29 bits per heavy atom. The molecule has 3 rings (SSSR count). The maximum atomic E-state index is 14.9. The summed E-state index contributed by atoms with van der Waals surface area (Å²) >= 11 is 0. The number of anilines is 1. The molecule has 0 saturated carbocycles. The average Bonchev–Trinajstić information content (AvgIpc) is 2.99. The van der Waals surface area contributed by atoms with Crippen LogP contribution in [0.1, 0.15) is 38.4 Å². The van der Waals surface area contributed by atoms with Gasteiger partial charge in [0.25, 0.3) is 0 Å². The van der Waals surface area contributed by atoms with Crippen molar-refractivity contribution in [2.45, 2.75) is 32.6 Å². The van der Waals surface area contributed by atoms with Gasteiger partial charge in [-0.3, -0.25) is 4.79 Å². The zero-order chi connectivity index (χ0) is 17.6. The molecule has 0 radical (unpaired) electrons. The van der Waals surface area contributed by atoms with Crippen LogP contribution in [0, 0.1) is 17.1 Å². The second-order valence-electron chi connectivity index (χ2n) is 6.71. The van der Waals surface area contributed by atoms with Gasteiger partial charge in [-0.1, -0.05) is 6.92 Å². The molecular formula is C19H20FN3O. The zero-order valence-corrected chi connectivity index (χ0v) is 14.4. The van der Waals surface area contributed by atoms with Gasteiger partial charge in [-0.15, -0.1) is 0 Å². The number of halogens is 1. The topological polar surface area (TPSA) is 49.0 Å². The third-order valence-electron chi connectivity index (χ3n) is 4.77. The van der Waals surface area contributed by atoms with Gasteiger partial charge in [0.2, 0.25) is 5.91 Å². The highest BCUT2D eigenvalue weighted by Gasteiger charge is 2.45. The third kappa shape index (κ3) is 2.14. The van der Waals surface area contributed by atoms with Gasteiger partial charge in [0.05, 0.1) is 11.1 Å². The first-order chi connectivity index (χ1) is 11.3. The largest absolute Gasteiger partial charge is 0.335 e. The van der Waals surface area contributed by atoms with Gasteiger partial charge in [-0.05, 0) is 50.1 Å². The van der Waals surface area contributed by atoms with Crippen LogP contribution in [0.25, 0.3) is 11.3 Å². The minimum atomic E-state index is -0.759. The highest BCUT2D eigenvalue weighted by Crippen LogP contribution is 2.45. The molecule has 0 N–H and O–H groups in total. The molecule has 0 unspecified atom stereocenters. The second kappa shape index (κ2) is 5.48. The van der Waals surface area contributed by atoms with E-state index in [1.807, 2.05) is 26.8 Å². The monoisotopic (exact) mass is 325 g/mol. The van der Waals surface area contributed by atoms with Crippen LogP contribution in [-0.2, 0) is 17.3 Å².